The number of rotatable bonds is 3. The molecule has 0 aliphatic heterocycles. The molecule has 1 fully saturated rings. The molecule has 1 aliphatic carbocycles. The van der Waals surface area contributed by atoms with Crippen molar-refractivity contribution in [1.29, 1.82) is 0 Å². The van der Waals surface area contributed by atoms with E-state index in [1.54, 1.807) is 12.1 Å². The molecule has 1 amide bonds. The highest BCUT2D eigenvalue weighted by Crippen LogP contribution is 2.33. The predicted octanol–water partition coefficient (Wildman–Crippen LogP) is 3.59. The molecule has 0 bridgehead atoms. The highest BCUT2D eigenvalue weighted by atomic mass is 79.9. The number of carbonyl (C=O) groups excluding carboxylic acids is 1. The number of phenolic OH excluding ortho intramolecular Hbond substituents is 1. The minimum atomic E-state index is -0.136. The molecule has 3 aromatic rings. The van der Waals surface area contributed by atoms with Crippen LogP contribution in [-0.2, 0) is 0 Å². The summed E-state index contributed by atoms with van der Waals surface area (Å²) in [5.74, 6) is 0.0922. The first-order chi connectivity index (χ1) is 11.1. The number of hydrogen-bond acceptors (Lipinski definition) is 3. The summed E-state index contributed by atoms with van der Waals surface area (Å²) in [5.41, 5.74) is 3.16. The van der Waals surface area contributed by atoms with Crippen LogP contribution in [0, 0.1) is 0 Å². The number of hydrogen-bond donors (Lipinski definition) is 3. The van der Waals surface area contributed by atoms with Crippen LogP contribution < -0.4 is 5.32 Å². The third-order valence-electron chi connectivity index (χ3n) is 3.96. The molecule has 4 rings (SSSR count). The van der Waals surface area contributed by atoms with Crippen molar-refractivity contribution >= 4 is 32.7 Å². The summed E-state index contributed by atoms with van der Waals surface area (Å²) in [6, 6.07) is 11.1. The van der Waals surface area contributed by atoms with E-state index in [1.807, 2.05) is 24.3 Å². The number of benzene rings is 2. The number of amides is 1. The largest absolute Gasteiger partial charge is 0.508 e. The SMILES string of the molecule is O=C(NC1CC1)c1n[nH]c2cc(-c3ccc(O)cc3)c(Br)cc12. The summed E-state index contributed by atoms with van der Waals surface area (Å²) in [5, 5.41) is 20.3. The molecule has 6 heteroatoms. The highest BCUT2D eigenvalue weighted by Gasteiger charge is 2.26. The van der Waals surface area contributed by atoms with Crippen LogP contribution in [0.4, 0.5) is 0 Å². The van der Waals surface area contributed by atoms with E-state index in [-0.39, 0.29) is 11.7 Å². The van der Waals surface area contributed by atoms with E-state index in [9.17, 15) is 9.90 Å². The second-order valence-electron chi connectivity index (χ2n) is 5.74. The topological polar surface area (TPSA) is 78.0 Å². The Morgan fingerprint density at radius 1 is 1.26 bits per heavy atom. The van der Waals surface area contributed by atoms with Crippen LogP contribution in [0.1, 0.15) is 23.3 Å². The van der Waals surface area contributed by atoms with Crippen LogP contribution in [-0.4, -0.2) is 27.3 Å². The molecule has 116 valence electrons. The minimum Gasteiger partial charge on any atom is -0.508 e. The molecule has 2 aromatic carbocycles. The van der Waals surface area contributed by atoms with Gasteiger partial charge in [0.15, 0.2) is 5.69 Å². The molecule has 1 heterocycles. The van der Waals surface area contributed by atoms with Gasteiger partial charge in [-0.3, -0.25) is 9.89 Å². The van der Waals surface area contributed by atoms with Crippen molar-refractivity contribution in [2.75, 3.05) is 0 Å². The molecule has 23 heavy (non-hydrogen) atoms. The Bertz CT molecular complexity index is 898. The molecule has 0 radical (unpaired) electrons. The fraction of sp³-hybridized carbons (Fsp3) is 0.176. The lowest BCUT2D eigenvalue weighted by molar-refractivity contribution is 0.0947. The summed E-state index contributed by atoms with van der Waals surface area (Å²) in [7, 11) is 0. The monoisotopic (exact) mass is 371 g/mol. The first kappa shape index (κ1) is 14.3. The van der Waals surface area contributed by atoms with Crippen molar-refractivity contribution in [2.45, 2.75) is 18.9 Å². The Hall–Kier alpha value is -2.34. The number of carbonyl (C=O) groups is 1. The summed E-state index contributed by atoms with van der Waals surface area (Å²) in [6.45, 7) is 0. The third-order valence-corrected chi connectivity index (χ3v) is 4.61. The minimum absolute atomic E-state index is 0.136. The van der Waals surface area contributed by atoms with Crippen molar-refractivity contribution in [2.24, 2.45) is 0 Å². The molecule has 1 aromatic heterocycles. The number of fused-ring (bicyclic) bond motifs is 1. The Kier molecular flexibility index (Phi) is 3.34. The van der Waals surface area contributed by atoms with Gasteiger partial charge in [-0.25, -0.2) is 0 Å². The lowest BCUT2D eigenvalue weighted by atomic mass is 10.0. The number of nitrogens with zero attached hydrogens (tertiary/aromatic N) is 1. The number of H-pyrrole nitrogens is 1. The zero-order valence-electron chi connectivity index (χ0n) is 12.1. The van der Waals surface area contributed by atoms with Gasteiger partial charge in [-0.2, -0.15) is 5.10 Å². The van der Waals surface area contributed by atoms with Crippen molar-refractivity contribution in [3.63, 3.8) is 0 Å². The van der Waals surface area contributed by atoms with E-state index in [0.717, 1.165) is 39.3 Å². The van der Waals surface area contributed by atoms with E-state index in [4.69, 9.17) is 0 Å². The van der Waals surface area contributed by atoms with Gasteiger partial charge in [-0.1, -0.05) is 28.1 Å². The average molecular weight is 372 g/mol. The molecular weight excluding hydrogens is 358 g/mol. The van der Waals surface area contributed by atoms with Crippen LogP contribution in [0.25, 0.3) is 22.0 Å². The van der Waals surface area contributed by atoms with Crippen LogP contribution in [0.15, 0.2) is 40.9 Å². The number of nitrogens with one attached hydrogen (secondary N) is 2. The van der Waals surface area contributed by atoms with E-state index >= 15 is 0 Å². The molecule has 0 atom stereocenters. The summed E-state index contributed by atoms with van der Waals surface area (Å²) in [4.78, 5) is 12.2. The Morgan fingerprint density at radius 3 is 2.70 bits per heavy atom. The van der Waals surface area contributed by atoms with Gasteiger partial charge in [0, 0.05) is 15.9 Å². The van der Waals surface area contributed by atoms with Gasteiger partial charge in [0.25, 0.3) is 5.91 Å². The fourth-order valence-corrected chi connectivity index (χ4v) is 3.13. The van der Waals surface area contributed by atoms with Crippen molar-refractivity contribution < 1.29 is 9.90 Å². The third kappa shape index (κ3) is 2.70. The van der Waals surface area contributed by atoms with Gasteiger partial charge in [0.2, 0.25) is 0 Å². The fourth-order valence-electron chi connectivity index (χ4n) is 2.55. The van der Waals surface area contributed by atoms with Crippen LogP contribution in [0.5, 0.6) is 5.75 Å². The summed E-state index contributed by atoms with van der Waals surface area (Å²) < 4.78 is 0.873. The van der Waals surface area contributed by atoms with Gasteiger partial charge in [0.1, 0.15) is 5.75 Å². The van der Waals surface area contributed by atoms with Gasteiger partial charge in [-0.05, 0) is 48.2 Å². The summed E-state index contributed by atoms with van der Waals surface area (Å²) in [6.07, 6.45) is 2.09. The smallest absolute Gasteiger partial charge is 0.272 e. The maximum atomic E-state index is 12.2. The summed E-state index contributed by atoms with van der Waals surface area (Å²) >= 11 is 3.57. The van der Waals surface area contributed by atoms with Crippen LogP contribution in [0.2, 0.25) is 0 Å². The van der Waals surface area contributed by atoms with Crippen molar-refractivity contribution in [3.05, 3.63) is 46.6 Å². The predicted molar refractivity (Wildman–Crippen MR) is 91.4 cm³/mol. The molecular formula is C17H14BrN3O2. The van der Waals surface area contributed by atoms with Crippen molar-refractivity contribution in [3.8, 4) is 16.9 Å². The Labute approximate surface area is 140 Å². The lowest BCUT2D eigenvalue weighted by Crippen LogP contribution is -2.25. The number of phenols is 1. The molecule has 0 spiro atoms. The lowest BCUT2D eigenvalue weighted by Gasteiger charge is -2.06. The molecule has 5 nitrogen and oxygen atoms in total. The van der Waals surface area contributed by atoms with Crippen LogP contribution in [0.3, 0.4) is 0 Å². The van der Waals surface area contributed by atoms with E-state index < -0.39 is 0 Å². The van der Waals surface area contributed by atoms with E-state index in [1.165, 1.54) is 0 Å². The number of aromatic amines is 1. The average Bonchev–Trinajstić information content (AvgIpc) is 3.25. The molecule has 0 unspecified atom stereocenters. The van der Waals surface area contributed by atoms with Crippen molar-refractivity contribution in [1.82, 2.24) is 15.5 Å². The first-order valence-electron chi connectivity index (χ1n) is 7.40. The zero-order chi connectivity index (χ0) is 16.0. The molecule has 0 saturated heterocycles. The van der Waals surface area contributed by atoms with Crippen LogP contribution >= 0.6 is 15.9 Å². The Morgan fingerprint density at radius 2 is 2.00 bits per heavy atom. The highest BCUT2D eigenvalue weighted by molar-refractivity contribution is 9.10. The quantitative estimate of drug-likeness (QED) is 0.658. The molecule has 1 saturated carbocycles. The standard InChI is InChI=1S/C17H14BrN3O2/c18-14-7-13-15(8-12(14)9-1-5-11(22)6-2-9)20-21-16(13)17(23)19-10-3-4-10/h1-2,5-8,10,22H,3-4H2,(H,19,23)(H,20,21). The number of halogens is 1. The normalized spacial score (nSPS) is 14.1. The van der Waals surface area contributed by atoms with Gasteiger partial charge in [-0.15, -0.1) is 0 Å². The van der Waals surface area contributed by atoms with Gasteiger partial charge < -0.3 is 10.4 Å². The van der Waals surface area contributed by atoms with E-state index in [2.05, 4.69) is 31.4 Å². The second-order valence-corrected chi connectivity index (χ2v) is 6.60. The van der Waals surface area contributed by atoms with Gasteiger partial charge in [0.05, 0.1) is 5.52 Å². The molecule has 3 N–H and O–H groups in total. The number of aromatic hydroxyl groups is 1. The molecule has 1 aliphatic rings. The maximum absolute atomic E-state index is 12.2. The first-order valence-corrected chi connectivity index (χ1v) is 8.19. The zero-order valence-corrected chi connectivity index (χ0v) is 13.7. The van der Waals surface area contributed by atoms with E-state index in [0.29, 0.717) is 11.7 Å². The number of aromatic nitrogens is 2. The Balaban J connectivity index is 1.76. The second kappa shape index (κ2) is 5.38. The maximum Gasteiger partial charge on any atom is 0.272 e. The van der Waals surface area contributed by atoms with Gasteiger partial charge >= 0.3 is 0 Å².